The monoisotopic (exact) mass is 385 g/mol. The second-order valence-corrected chi connectivity index (χ2v) is 6.79. The van der Waals surface area contributed by atoms with Crippen LogP contribution in [0.5, 0.6) is 0 Å². The second-order valence-electron chi connectivity index (χ2n) is 6.79. The molecule has 0 aliphatic carbocycles. The molecule has 0 aliphatic rings. The Morgan fingerprint density at radius 2 is 2.03 bits per heavy atom. The van der Waals surface area contributed by atoms with Crippen LogP contribution in [-0.4, -0.2) is 26.6 Å². The van der Waals surface area contributed by atoms with Crippen LogP contribution in [0.3, 0.4) is 0 Å². The maximum Gasteiger partial charge on any atom is 0.261 e. The van der Waals surface area contributed by atoms with Crippen LogP contribution in [0.4, 0.5) is 5.69 Å². The summed E-state index contributed by atoms with van der Waals surface area (Å²) in [6.07, 6.45) is 0.824. The number of aryl methyl sites for hydroxylation is 1. The van der Waals surface area contributed by atoms with E-state index in [-0.39, 0.29) is 12.1 Å². The first-order valence-electron chi connectivity index (χ1n) is 9.16. The number of imidazole rings is 1. The first-order valence-corrected chi connectivity index (χ1v) is 9.16. The van der Waals surface area contributed by atoms with Crippen molar-refractivity contribution in [3.8, 4) is 17.5 Å². The first-order chi connectivity index (χ1) is 14.1. The van der Waals surface area contributed by atoms with Crippen LogP contribution in [0.2, 0.25) is 0 Å². The minimum absolute atomic E-state index is 0.234. The fourth-order valence-corrected chi connectivity index (χ4v) is 3.33. The summed E-state index contributed by atoms with van der Waals surface area (Å²) in [6.45, 7) is 2.11. The molecule has 7 nitrogen and oxygen atoms in total. The SMILES string of the molecule is Cc1cc(C#N)cc2[nH]c(-c3c(NCC(O)c4ccccc4)cc[nH]c3=O)nc12. The molecule has 1 atom stereocenters. The number of pyridine rings is 1. The predicted molar refractivity (Wildman–Crippen MR) is 111 cm³/mol. The molecule has 0 aliphatic heterocycles. The molecule has 2 aromatic heterocycles. The third-order valence-corrected chi connectivity index (χ3v) is 4.77. The second kappa shape index (κ2) is 7.62. The molecule has 0 saturated heterocycles. The van der Waals surface area contributed by atoms with Crippen LogP contribution >= 0.6 is 0 Å². The number of nitriles is 1. The first kappa shape index (κ1) is 18.5. The Morgan fingerprint density at radius 3 is 2.79 bits per heavy atom. The lowest BCUT2D eigenvalue weighted by molar-refractivity contribution is 0.191. The Kier molecular flexibility index (Phi) is 4.85. The summed E-state index contributed by atoms with van der Waals surface area (Å²) < 4.78 is 0. The van der Waals surface area contributed by atoms with E-state index < -0.39 is 6.10 Å². The minimum atomic E-state index is -0.723. The van der Waals surface area contributed by atoms with E-state index in [9.17, 15) is 15.2 Å². The quantitative estimate of drug-likeness (QED) is 0.421. The summed E-state index contributed by atoms with van der Waals surface area (Å²) in [4.78, 5) is 23.0. The van der Waals surface area contributed by atoms with Crippen LogP contribution in [0.25, 0.3) is 22.4 Å². The lowest BCUT2D eigenvalue weighted by Gasteiger charge is -2.14. The minimum Gasteiger partial charge on any atom is -0.387 e. The van der Waals surface area contributed by atoms with Crippen LogP contribution in [0, 0.1) is 18.3 Å². The highest BCUT2D eigenvalue weighted by Crippen LogP contribution is 2.27. The number of aliphatic hydroxyl groups is 1. The van der Waals surface area contributed by atoms with Crippen molar-refractivity contribution in [1.82, 2.24) is 15.0 Å². The fraction of sp³-hybridized carbons (Fsp3) is 0.136. The molecule has 0 radical (unpaired) electrons. The molecular formula is C22H19N5O2. The van der Waals surface area contributed by atoms with Gasteiger partial charge in [-0.15, -0.1) is 0 Å². The van der Waals surface area contributed by atoms with Gasteiger partial charge in [0.2, 0.25) is 0 Å². The third-order valence-electron chi connectivity index (χ3n) is 4.77. The van der Waals surface area contributed by atoms with E-state index in [0.717, 1.165) is 11.1 Å². The van der Waals surface area contributed by atoms with Crippen molar-refractivity contribution in [1.29, 1.82) is 5.26 Å². The molecule has 0 fully saturated rings. The van der Waals surface area contributed by atoms with Gasteiger partial charge in [-0.3, -0.25) is 4.79 Å². The van der Waals surface area contributed by atoms with Gasteiger partial charge in [-0.25, -0.2) is 4.98 Å². The number of H-pyrrole nitrogens is 2. The van der Waals surface area contributed by atoms with E-state index in [2.05, 4.69) is 26.3 Å². The topological polar surface area (TPSA) is 118 Å². The number of hydrogen-bond donors (Lipinski definition) is 4. The Labute approximate surface area is 166 Å². The van der Waals surface area contributed by atoms with Gasteiger partial charge in [-0.1, -0.05) is 30.3 Å². The van der Waals surface area contributed by atoms with Gasteiger partial charge in [-0.2, -0.15) is 5.26 Å². The highest BCUT2D eigenvalue weighted by molar-refractivity contribution is 5.85. The Balaban J connectivity index is 1.70. The van der Waals surface area contributed by atoms with E-state index in [1.807, 2.05) is 37.3 Å². The number of nitrogens with one attached hydrogen (secondary N) is 3. The maximum absolute atomic E-state index is 12.6. The van der Waals surface area contributed by atoms with E-state index in [0.29, 0.717) is 33.7 Å². The number of nitrogens with zero attached hydrogens (tertiary/aromatic N) is 2. The molecule has 7 heteroatoms. The number of hydrogen-bond acceptors (Lipinski definition) is 5. The molecule has 0 spiro atoms. The highest BCUT2D eigenvalue weighted by Gasteiger charge is 2.16. The maximum atomic E-state index is 12.6. The van der Waals surface area contributed by atoms with E-state index in [1.54, 1.807) is 24.4 Å². The average molecular weight is 385 g/mol. The fourth-order valence-electron chi connectivity index (χ4n) is 3.33. The van der Waals surface area contributed by atoms with E-state index in [1.165, 1.54) is 0 Å². The van der Waals surface area contributed by atoms with E-state index >= 15 is 0 Å². The molecular weight excluding hydrogens is 366 g/mol. The zero-order chi connectivity index (χ0) is 20.4. The number of aromatic amines is 2. The number of rotatable bonds is 5. The zero-order valence-electron chi connectivity index (χ0n) is 15.7. The molecule has 0 amide bonds. The summed E-state index contributed by atoms with van der Waals surface area (Å²) in [5.74, 6) is 0.400. The lowest BCUT2D eigenvalue weighted by atomic mass is 10.1. The van der Waals surface area contributed by atoms with Crippen LogP contribution < -0.4 is 10.9 Å². The molecule has 1 unspecified atom stereocenters. The zero-order valence-corrected chi connectivity index (χ0v) is 15.7. The smallest absolute Gasteiger partial charge is 0.261 e. The normalized spacial score (nSPS) is 11.9. The molecule has 2 aromatic carbocycles. The van der Waals surface area contributed by atoms with Crippen molar-refractivity contribution in [3.05, 3.63) is 81.8 Å². The van der Waals surface area contributed by atoms with Crippen molar-refractivity contribution in [2.24, 2.45) is 0 Å². The van der Waals surface area contributed by atoms with Crippen LogP contribution in [0.1, 0.15) is 22.8 Å². The summed E-state index contributed by atoms with van der Waals surface area (Å²) in [5, 5.41) is 22.7. The largest absolute Gasteiger partial charge is 0.387 e. The number of fused-ring (bicyclic) bond motifs is 1. The molecule has 4 N–H and O–H groups in total. The molecule has 0 bridgehead atoms. The van der Waals surface area contributed by atoms with Crippen molar-refractivity contribution in [3.63, 3.8) is 0 Å². The molecule has 2 heterocycles. The van der Waals surface area contributed by atoms with Gasteiger partial charge in [-0.05, 0) is 36.2 Å². The molecule has 0 saturated carbocycles. The van der Waals surface area contributed by atoms with Gasteiger partial charge in [0.25, 0.3) is 5.56 Å². The van der Waals surface area contributed by atoms with Gasteiger partial charge < -0.3 is 20.4 Å². The summed E-state index contributed by atoms with van der Waals surface area (Å²) in [5.41, 5.74) is 4.16. The molecule has 29 heavy (non-hydrogen) atoms. The number of aliphatic hydroxyl groups excluding tert-OH is 1. The van der Waals surface area contributed by atoms with Crippen LogP contribution in [0.15, 0.2) is 59.5 Å². The van der Waals surface area contributed by atoms with Gasteiger partial charge in [0.1, 0.15) is 11.4 Å². The van der Waals surface area contributed by atoms with Crippen molar-refractivity contribution in [2.75, 3.05) is 11.9 Å². The van der Waals surface area contributed by atoms with Gasteiger partial charge >= 0.3 is 0 Å². The predicted octanol–water partition coefficient (Wildman–Crippen LogP) is 3.24. The van der Waals surface area contributed by atoms with Gasteiger partial charge in [0.15, 0.2) is 0 Å². The highest BCUT2D eigenvalue weighted by atomic mass is 16.3. The standard InChI is InChI=1S/C22H19N5O2/c1-13-9-14(11-23)10-17-20(13)27-21(26-17)19-16(7-8-24-22(19)29)25-12-18(28)15-5-3-2-4-6-15/h2-10,18,28H,12H2,1H3,(H,26,27)(H2,24,25,29). The third kappa shape index (κ3) is 3.61. The summed E-state index contributed by atoms with van der Waals surface area (Å²) in [6, 6.07) is 16.6. The van der Waals surface area contributed by atoms with Crippen LogP contribution in [-0.2, 0) is 0 Å². The van der Waals surface area contributed by atoms with Gasteiger partial charge in [0.05, 0.1) is 34.5 Å². The van der Waals surface area contributed by atoms with Crippen molar-refractivity contribution >= 4 is 16.7 Å². The number of anilines is 1. The van der Waals surface area contributed by atoms with Crippen molar-refractivity contribution in [2.45, 2.75) is 13.0 Å². The molecule has 4 rings (SSSR count). The molecule has 144 valence electrons. The number of aromatic nitrogens is 3. The Hall–Kier alpha value is -3.89. The molecule has 4 aromatic rings. The number of benzene rings is 2. The van der Waals surface area contributed by atoms with Gasteiger partial charge in [0, 0.05) is 12.7 Å². The summed E-state index contributed by atoms with van der Waals surface area (Å²) >= 11 is 0. The lowest BCUT2D eigenvalue weighted by Crippen LogP contribution is -2.17. The average Bonchev–Trinajstić information content (AvgIpc) is 3.16. The Bertz CT molecular complexity index is 1270. The Morgan fingerprint density at radius 1 is 1.24 bits per heavy atom. The van der Waals surface area contributed by atoms with E-state index in [4.69, 9.17) is 0 Å². The van der Waals surface area contributed by atoms with Crippen molar-refractivity contribution < 1.29 is 5.11 Å². The summed E-state index contributed by atoms with van der Waals surface area (Å²) in [7, 11) is 0.